The average molecular weight is 325 g/mol. The average Bonchev–Trinajstić information content (AvgIpc) is 3.14. The number of pyridine rings is 1. The van der Waals surface area contributed by atoms with Gasteiger partial charge in [0.05, 0.1) is 17.4 Å². The molecule has 0 radical (unpaired) electrons. The van der Waals surface area contributed by atoms with Crippen LogP contribution in [-0.2, 0) is 11.2 Å². The van der Waals surface area contributed by atoms with Crippen LogP contribution in [0.3, 0.4) is 0 Å². The molecule has 3 rings (SSSR count). The Hall–Kier alpha value is -2.40. The van der Waals surface area contributed by atoms with Crippen molar-refractivity contribution >= 4 is 17.3 Å². The molecular formula is C19H23N3O2. The molecule has 1 aliphatic rings. The van der Waals surface area contributed by atoms with Crippen LogP contribution in [0.2, 0.25) is 0 Å². The summed E-state index contributed by atoms with van der Waals surface area (Å²) in [4.78, 5) is 16.7. The molecule has 1 atom stereocenters. The summed E-state index contributed by atoms with van der Waals surface area (Å²) in [5.41, 5.74) is 3.34. The number of carbonyl (C=O) groups is 1. The van der Waals surface area contributed by atoms with Gasteiger partial charge in [-0.2, -0.15) is 0 Å². The molecule has 24 heavy (non-hydrogen) atoms. The fourth-order valence-electron chi connectivity index (χ4n) is 2.84. The molecule has 2 N–H and O–H groups in total. The van der Waals surface area contributed by atoms with E-state index in [1.54, 1.807) is 12.4 Å². The second-order valence-corrected chi connectivity index (χ2v) is 5.94. The molecule has 0 spiro atoms. The van der Waals surface area contributed by atoms with Crippen molar-refractivity contribution in [3.05, 3.63) is 53.9 Å². The van der Waals surface area contributed by atoms with Gasteiger partial charge >= 0.3 is 0 Å². The molecule has 126 valence electrons. The van der Waals surface area contributed by atoms with Crippen LogP contribution in [0.15, 0.2) is 42.7 Å². The van der Waals surface area contributed by atoms with Gasteiger partial charge in [0.1, 0.15) is 0 Å². The van der Waals surface area contributed by atoms with Crippen molar-refractivity contribution in [2.75, 3.05) is 23.8 Å². The molecule has 1 unspecified atom stereocenters. The normalized spacial score (nSPS) is 16.8. The molecule has 1 amide bonds. The number of nitrogens with one attached hydrogen (secondary N) is 2. The van der Waals surface area contributed by atoms with E-state index in [2.05, 4.69) is 22.5 Å². The Morgan fingerprint density at radius 1 is 1.33 bits per heavy atom. The van der Waals surface area contributed by atoms with E-state index in [4.69, 9.17) is 4.74 Å². The molecule has 5 heteroatoms. The number of benzene rings is 1. The van der Waals surface area contributed by atoms with Crippen LogP contribution in [0.25, 0.3) is 0 Å². The van der Waals surface area contributed by atoms with Crippen LogP contribution in [0.5, 0.6) is 0 Å². The Kier molecular flexibility index (Phi) is 5.43. The predicted molar refractivity (Wildman–Crippen MR) is 95.5 cm³/mol. The number of para-hydroxylation sites is 1. The number of hydrogen-bond acceptors (Lipinski definition) is 4. The van der Waals surface area contributed by atoms with Gasteiger partial charge in [0.2, 0.25) is 0 Å². The molecule has 2 aromatic rings. The summed E-state index contributed by atoms with van der Waals surface area (Å²) in [5.74, 6) is -0.149. The summed E-state index contributed by atoms with van der Waals surface area (Å²) in [6.45, 7) is 3.65. The second kappa shape index (κ2) is 7.93. The number of aryl methyl sites for hydroxylation is 1. The highest BCUT2D eigenvalue weighted by Crippen LogP contribution is 2.18. The molecule has 1 aromatic carbocycles. The van der Waals surface area contributed by atoms with E-state index in [0.717, 1.165) is 49.4 Å². The second-order valence-electron chi connectivity index (χ2n) is 5.94. The molecular weight excluding hydrogens is 302 g/mol. The highest BCUT2D eigenvalue weighted by Gasteiger charge is 2.15. The van der Waals surface area contributed by atoms with E-state index in [9.17, 15) is 4.79 Å². The van der Waals surface area contributed by atoms with Crippen molar-refractivity contribution < 1.29 is 9.53 Å². The van der Waals surface area contributed by atoms with Crippen LogP contribution in [0.1, 0.15) is 35.7 Å². The molecule has 0 aliphatic carbocycles. The van der Waals surface area contributed by atoms with Gasteiger partial charge in [-0.05, 0) is 37.0 Å². The van der Waals surface area contributed by atoms with E-state index in [1.807, 2.05) is 30.3 Å². The summed E-state index contributed by atoms with van der Waals surface area (Å²) in [5, 5.41) is 6.27. The predicted octanol–water partition coefficient (Wildman–Crippen LogP) is 3.49. The fraction of sp³-hybridized carbons (Fsp3) is 0.368. The first-order valence-electron chi connectivity index (χ1n) is 8.46. The number of hydrogen-bond donors (Lipinski definition) is 2. The topological polar surface area (TPSA) is 63.2 Å². The fourth-order valence-corrected chi connectivity index (χ4v) is 2.84. The molecule has 1 aromatic heterocycles. The van der Waals surface area contributed by atoms with Crippen molar-refractivity contribution in [3.63, 3.8) is 0 Å². The first-order chi connectivity index (χ1) is 11.8. The van der Waals surface area contributed by atoms with E-state index in [0.29, 0.717) is 5.56 Å². The Bertz CT molecular complexity index is 697. The molecule has 0 bridgehead atoms. The van der Waals surface area contributed by atoms with Gasteiger partial charge in [0.25, 0.3) is 5.91 Å². The SMILES string of the molecule is CCc1ccccc1NC(=O)c1cncc(NCC2CCCO2)c1. The molecule has 1 fully saturated rings. The monoisotopic (exact) mass is 325 g/mol. The summed E-state index contributed by atoms with van der Waals surface area (Å²) >= 11 is 0. The van der Waals surface area contributed by atoms with Gasteiger partial charge < -0.3 is 15.4 Å². The van der Waals surface area contributed by atoms with Crippen molar-refractivity contribution in [1.82, 2.24) is 4.98 Å². The zero-order chi connectivity index (χ0) is 16.8. The van der Waals surface area contributed by atoms with E-state index < -0.39 is 0 Å². The summed E-state index contributed by atoms with van der Waals surface area (Å²) < 4.78 is 5.59. The Morgan fingerprint density at radius 2 is 2.21 bits per heavy atom. The third kappa shape index (κ3) is 4.11. The van der Waals surface area contributed by atoms with Gasteiger partial charge in [-0.15, -0.1) is 0 Å². The highest BCUT2D eigenvalue weighted by molar-refractivity contribution is 6.04. The number of amides is 1. The zero-order valence-electron chi connectivity index (χ0n) is 13.9. The number of aromatic nitrogens is 1. The smallest absolute Gasteiger partial charge is 0.257 e. The van der Waals surface area contributed by atoms with Gasteiger partial charge in [-0.3, -0.25) is 9.78 Å². The largest absolute Gasteiger partial charge is 0.381 e. The summed E-state index contributed by atoms with van der Waals surface area (Å²) in [6.07, 6.45) is 6.63. The molecule has 2 heterocycles. The van der Waals surface area contributed by atoms with Crippen molar-refractivity contribution in [1.29, 1.82) is 0 Å². The van der Waals surface area contributed by atoms with Crippen molar-refractivity contribution in [3.8, 4) is 0 Å². The first-order valence-corrected chi connectivity index (χ1v) is 8.46. The lowest BCUT2D eigenvalue weighted by atomic mass is 10.1. The number of carbonyl (C=O) groups excluding carboxylic acids is 1. The minimum Gasteiger partial charge on any atom is -0.381 e. The molecule has 5 nitrogen and oxygen atoms in total. The van der Waals surface area contributed by atoms with Crippen LogP contribution in [0, 0.1) is 0 Å². The lowest BCUT2D eigenvalue weighted by Gasteiger charge is -2.13. The van der Waals surface area contributed by atoms with Crippen molar-refractivity contribution in [2.24, 2.45) is 0 Å². The van der Waals surface area contributed by atoms with Crippen LogP contribution in [-0.4, -0.2) is 30.1 Å². The van der Waals surface area contributed by atoms with Gasteiger partial charge in [-0.25, -0.2) is 0 Å². The third-order valence-electron chi connectivity index (χ3n) is 4.20. The molecule has 1 saturated heterocycles. The summed E-state index contributed by atoms with van der Waals surface area (Å²) in [6, 6.07) is 9.67. The number of ether oxygens (including phenoxy) is 1. The van der Waals surface area contributed by atoms with E-state index in [-0.39, 0.29) is 12.0 Å². The highest BCUT2D eigenvalue weighted by atomic mass is 16.5. The molecule has 1 aliphatic heterocycles. The third-order valence-corrected chi connectivity index (χ3v) is 4.20. The minimum absolute atomic E-state index is 0.149. The maximum absolute atomic E-state index is 12.5. The van der Waals surface area contributed by atoms with Gasteiger partial charge in [-0.1, -0.05) is 25.1 Å². The van der Waals surface area contributed by atoms with E-state index in [1.165, 1.54) is 0 Å². The standard InChI is InChI=1S/C19H23N3O2/c1-2-14-6-3-4-8-18(14)22-19(23)15-10-16(12-20-11-15)21-13-17-7-5-9-24-17/h3-4,6,8,10-12,17,21H,2,5,7,9,13H2,1H3,(H,22,23). The lowest BCUT2D eigenvalue weighted by Crippen LogP contribution is -2.19. The first kappa shape index (κ1) is 16.5. The summed E-state index contributed by atoms with van der Waals surface area (Å²) in [7, 11) is 0. The van der Waals surface area contributed by atoms with Crippen LogP contribution < -0.4 is 10.6 Å². The van der Waals surface area contributed by atoms with Crippen LogP contribution in [0.4, 0.5) is 11.4 Å². The van der Waals surface area contributed by atoms with E-state index >= 15 is 0 Å². The quantitative estimate of drug-likeness (QED) is 0.853. The molecule has 0 saturated carbocycles. The number of anilines is 2. The Labute approximate surface area is 142 Å². The van der Waals surface area contributed by atoms with Gasteiger partial charge in [0.15, 0.2) is 0 Å². The Balaban J connectivity index is 1.65. The number of rotatable bonds is 6. The number of nitrogens with zero attached hydrogens (tertiary/aromatic N) is 1. The van der Waals surface area contributed by atoms with Crippen LogP contribution >= 0.6 is 0 Å². The maximum Gasteiger partial charge on any atom is 0.257 e. The Morgan fingerprint density at radius 3 is 3.00 bits per heavy atom. The zero-order valence-corrected chi connectivity index (χ0v) is 13.9. The minimum atomic E-state index is -0.149. The lowest BCUT2D eigenvalue weighted by molar-refractivity contribution is 0.102. The van der Waals surface area contributed by atoms with Crippen molar-refractivity contribution in [2.45, 2.75) is 32.3 Å². The van der Waals surface area contributed by atoms with Gasteiger partial charge in [0, 0.05) is 31.2 Å². The maximum atomic E-state index is 12.5.